The predicted octanol–water partition coefficient (Wildman–Crippen LogP) is 2.67. The van der Waals surface area contributed by atoms with Crippen LogP contribution in [0, 0.1) is 5.92 Å². The summed E-state index contributed by atoms with van der Waals surface area (Å²) >= 11 is 0. The molecule has 1 aromatic rings. The molecule has 2 heteroatoms. The molecule has 2 rings (SSSR count). The minimum atomic E-state index is 0.310. The first kappa shape index (κ1) is 13.6. The monoisotopic (exact) mass is 247 g/mol. The smallest absolute Gasteiger partial charge is 0.0456 e. The Hall–Kier alpha value is -0.860. The van der Waals surface area contributed by atoms with Crippen LogP contribution in [-0.2, 0) is 19.4 Å². The van der Waals surface area contributed by atoms with Gasteiger partial charge in [0.2, 0.25) is 0 Å². The highest BCUT2D eigenvalue weighted by Crippen LogP contribution is 2.22. The SMILES string of the molecule is CC(CO)CCCNCc1ccc2c(c1)CCC2. The van der Waals surface area contributed by atoms with Gasteiger partial charge in [-0.05, 0) is 61.3 Å². The van der Waals surface area contributed by atoms with E-state index in [2.05, 4.69) is 30.4 Å². The van der Waals surface area contributed by atoms with Crippen molar-refractivity contribution in [3.05, 3.63) is 34.9 Å². The number of nitrogens with one attached hydrogen (secondary N) is 1. The standard InChI is InChI=1S/C16H25NO/c1-13(12-18)4-3-9-17-11-14-7-8-15-5-2-6-16(15)10-14/h7-8,10,13,17-18H,2-6,9,11-12H2,1H3. The number of benzene rings is 1. The van der Waals surface area contributed by atoms with Gasteiger partial charge in [-0.3, -0.25) is 0 Å². The molecule has 0 saturated carbocycles. The van der Waals surface area contributed by atoms with Crippen LogP contribution < -0.4 is 5.32 Å². The number of aliphatic hydroxyl groups is 1. The molecule has 0 aromatic heterocycles. The van der Waals surface area contributed by atoms with Crippen molar-refractivity contribution in [2.75, 3.05) is 13.2 Å². The van der Waals surface area contributed by atoms with Crippen molar-refractivity contribution in [3.8, 4) is 0 Å². The van der Waals surface area contributed by atoms with Crippen LogP contribution in [0.1, 0.15) is 42.9 Å². The van der Waals surface area contributed by atoms with E-state index in [0.717, 1.165) is 25.9 Å². The number of hydrogen-bond acceptors (Lipinski definition) is 2. The van der Waals surface area contributed by atoms with Gasteiger partial charge in [-0.1, -0.05) is 25.1 Å². The lowest BCUT2D eigenvalue weighted by Gasteiger charge is -2.09. The van der Waals surface area contributed by atoms with Gasteiger partial charge in [-0.2, -0.15) is 0 Å². The number of hydrogen-bond donors (Lipinski definition) is 2. The molecule has 18 heavy (non-hydrogen) atoms. The number of rotatable bonds is 7. The Morgan fingerprint density at radius 1 is 1.28 bits per heavy atom. The second-order valence-electron chi connectivity index (χ2n) is 5.56. The van der Waals surface area contributed by atoms with Crippen molar-refractivity contribution in [2.24, 2.45) is 5.92 Å². The van der Waals surface area contributed by atoms with Crippen molar-refractivity contribution < 1.29 is 5.11 Å². The third-order valence-electron chi connectivity index (χ3n) is 3.85. The lowest BCUT2D eigenvalue weighted by atomic mass is 10.1. The summed E-state index contributed by atoms with van der Waals surface area (Å²) in [5.74, 6) is 0.437. The van der Waals surface area contributed by atoms with E-state index in [9.17, 15) is 0 Å². The largest absolute Gasteiger partial charge is 0.396 e. The summed E-state index contributed by atoms with van der Waals surface area (Å²) in [5, 5.41) is 12.4. The van der Waals surface area contributed by atoms with Crippen LogP contribution in [-0.4, -0.2) is 18.3 Å². The van der Waals surface area contributed by atoms with Gasteiger partial charge >= 0.3 is 0 Å². The van der Waals surface area contributed by atoms with Gasteiger partial charge in [0.25, 0.3) is 0 Å². The van der Waals surface area contributed by atoms with Gasteiger partial charge < -0.3 is 10.4 Å². The van der Waals surface area contributed by atoms with E-state index in [0.29, 0.717) is 12.5 Å². The Labute approximate surface area is 110 Å². The molecule has 2 N–H and O–H groups in total. The Morgan fingerprint density at radius 2 is 2.11 bits per heavy atom. The summed E-state index contributed by atoms with van der Waals surface area (Å²) in [6, 6.07) is 6.92. The molecule has 0 aliphatic heterocycles. The number of aryl methyl sites for hydroxylation is 2. The Bertz CT molecular complexity index is 375. The molecule has 0 radical (unpaired) electrons. The maximum Gasteiger partial charge on any atom is 0.0456 e. The minimum Gasteiger partial charge on any atom is -0.396 e. The quantitative estimate of drug-likeness (QED) is 0.726. The van der Waals surface area contributed by atoms with Gasteiger partial charge in [0, 0.05) is 13.2 Å². The third kappa shape index (κ3) is 3.82. The predicted molar refractivity (Wildman–Crippen MR) is 75.7 cm³/mol. The first-order valence-corrected chi connectivity index (χ1v) is 7.22. The fourth-order valence-electron chi connectivity index (χ4n) is 2.63. The maximum atomic E-state index is 8.94. The van der Waals surface area contributed by atoms with Crippen LogP contribution in [0.2, 0.25) is 0 Å². The molecular formula is C16H25NO. The van der Waals surface area contributed by atoms with E-state index < -0.39 is 0 Å². The average Bonchev–Trinajstić information content (AvgIpc) is 2.85. The summed E-state index contributed by atoms with van der Waals surface area (Å²) in [7, 11) is 0. The van der Waals surface area contributed by atoms with Crippen molar-refractivity contribution >= 4 is 0 Å². The van der Waals surface area contributed by atoms with E-state index in [1.54, 1.807) is 11.1 Å². The number of fused-ring (bicyclic) bond motifs is 1. The molecule has 100 valence electrons. The first-order valence-electron chi connectivity index (χ1n) is 7.22. The molecule has 1 unspecified atom stereocenters. The average molecular weight is 247 g/mol. The lowest BCUT2D eigenvalue weighted by molar-refractivity contribution is 0.228. The first-order chi connectivity index (χ1) is 8.79. The molecule has 0 amide bonds. The molecule has 1 aromatic carbocycles. The normalized spacial score (nSPS) is 15.7. The molecule has 0 bridgehead atoms. The molecule has 1 aliphatic rings. The number of aliphatic hydroxyl groups excluding tert-OH is 1. The van der Waals surface area contributed by atoms with Crippen LogP contribution in [0.5, 0.6) is 0 Å². The third-order valence-corrected chi connectivity index (χ3v) is 3.85. The molecule has 0 heterocycles. The van der Waals surface area contributed by atoms with Crippen molar-refractivity contribution in [1.29, 1.82) is 0 Å². The highest BCUT2D eigenvalue weighted by Gasteiger charge is 2.10. The molecule has 2 nitrogen and oxygen atoms in total. The topological polar surface area (TPSA) is 32.3 Å². The summed E-state index contributed by atoms with van der Waals surface area (Å²) < 4.78 is 0. The van der Waals surface area contributed by atoms with Crippen molar-refractivity contribution in [3.63, 3.8) is 0 Å². The minimum absolute atomic E-state index is 0.310. The summed E-state index contributed by atoms with van der Waals surface area (Å²) in [6.07, 6.45) is 6.10. The zero-order valence-corrected chi connectivity index (χ0v) is 11.4. The van der Waals surface area contributed by atoms with Crippen LogP contribution in [0.25, 0.3) is 0 Å². The van der Waals surface area contributed by atoms with Crippen molar-refractivity contribution in [2.45, 2.75) is 45.6 Å². The summed E-state index contributed by atoms with van der Waals surface area (Å²) in [6.45, 7) is 4.42. The Morgan fingerprint density at radius 3 is 2.94 bits per heavy atom. The highest BCUT2D eigenvalue weighted by atomic mass is 16.3. The van der Waals surface area contributed by atoms with Gasteiger partial charge in [0.1, 0.15) is 0 Å². The Balaban J connectivity index is 1.68. The fourth-order valence-corrected chi connectivity index (χ4v) is 2.63. The molecule has 0 fully saturated rings. The van der Waals surface area contributed by atoms with Crippen molar-refractivity contribution in [1.82, 2.24) is 5.32 Å². The van der Waals surface area contributed by atoms with E-state index >= 15 is 0 Å². The van der Waals surface area contributed by atoms with E-state index in [4.69, 9.17) is 5.11 Å². The second kappa shape index (κ2) is 6.91. The molecule has 0 saturated heterocycles. The summed E-state index contributed by atoms with van der Waals surface area (Å²) in [4.78, 5) is 0. The second-order valence-corrected chi connectivity index (χ2v) is 5.56. The Kier molecular flexibility index (Phi) is 5.21. The summed E-state index contributed by atoms with van der Waals surface area (Å²) in [5.41, 5.74) is 4.52. The van der Waals surface area contributed by atoms with Gasteiger partial charge in [0.05, 0.1) is 0 Å². The molecule has 1 atom stereocenters. The van der Waals surface area contributed by atoms with E-state index in [1.165, 1.54) is 24.8 Å². The van der Waals surface area contributed by atoms with Gasteiger partial charge in [-0.15, -0.1) is 0 Å². The van der Waals surface area contributed by atoms with Crippen LogP contribution in [0.15, 0.2) is 18.2 Å². The van der Waals surface area contributed by atoms with Crippen LogP contribution in [0.4, 0.5) is 0 Å². The van der Waals surface area contributed by atoms with E-state index in [-0.39, 0.29) is 0 Å². The fraction of sp³-hybridized carbons (Fsp3) is 0.625. The van der Waals surface area contributed by atoms with Crippen LogP contribution in [0.3, 0.4) is 0 Å². The molecule has 0 spiro atoms. The van der Waals surface area contributed by atoms with Crippen LogP contribution >= 0.6 is 0 Å². The molecular weight excluding hydrogens is 222 g/mol. The van der Waals surface area contributed by atoms with Gasteiger partial charge in [0.15, 0.2) is 0 Å². The van der Waals surface area contributed by atoms with Gasteiger partial charge in [-0.25, -0.2) is 0 Å². The lowest BCUT2D eigenvalue weighted by Crippen LogP contribution is -2.16. The van der Waals surface area contributed by atoms with E-state index in [1.807, 2.05) is 0 Å². The maximum absolute atomic E-state index is 8.94. The zero-order valence-electron chi connectivity index (χ0n) is 11.4. The molecule has 1 aliphatic carbocycles. The highest BCUT2D eigenvalue weighted by molar-refractivity contribution is 5.35. The zero-order chi connectivity index (χ0) is 12.8.